The first-order valence-corrected chi connectivity index (χ1v) is 7.02. The normalized spacial score (nSPS) is 19.2. The summed E-state index contributed by atoms with van der Waals surface area (Å²) < 4.78 is 5.38. The summed E-state index contributed by atoms with van der Waals surface area (Å²) in [7, 11) is 0. The van der Waals surface area contributed by atoms with Crippen molar-refractivity contribution in [2.24, 2.45) is 5.92 Å². The molecule has 22 heavy (non-hydrogen) atoms. The van der Waals surface area contributed by atoms with Gasteiger partial charge in [-0.2, -0.15) is 5.32 Å². The summed E-state index contributed by atoms with van der Waals surface area (Å²) in [4.78, 5) is 27.3. The molecule has 2 amide bonds. The number of nitrogens with zero attached hydrogens (tertiary/aromatic N) is 2. The molecule has 0 saturated heterocycles. The molecule has 1 aromatic rings. The Kier molecular flexibility index (Phi) is 4.91. The predicted molar refractivity (Wildman–Crippen MR) is 79.2 cm³/mol. The molecule has 2 heterocycles. The minimum absolute atomic E-state index is 0.123. The molecule has 0 saturated carbocycles. The van der Waals surface area contributed by atoms with E-state index in [0.29, 0.717) is 5.75 Å². The van der Waals surface area contributed by atoms with Crippen molar-refractivity contribution in [2.75, 3.05) is 6.61 Å². The number of carbonyl (C=O) groups excluding carboxylic acids is 2. The summed E-state index contributed by atoms with van der Waals surface area (Å²) in [5.41, 5.74) is 9.91. The minimum Gasteiger partial charge on any atom is -0.497 e. The molecular formula is C15H18N4O3. The van der Waals surface area contributed by atoms with E-state index in [2.05, 4.69) is 15.4 Å². The largest absolute Gasteiger partial charge is 0.497 e. The highest BCUT2D eigenvalue weighted by Crippen LogP contribution is 2.13. The smallest absolute Gasteiger partial charge is 0.338 e. The van der Waals surface area contributed by atoms with E-state index in [0.717, 1.165) is 5.56 Å². The maximum absolute atomic E-state index is 12.3. The van der Waals surface area contributed by atoms with Gasteiger partial charge < -0.3 is 20.4 Å². The highest BCUT2D eigenvalue weighted by Gasteiger charge is 2.29. The Morgan fingerprint density at radius 1 is 1.27 bits per heavy atom. The number of ether oxygens (including phenoxy) is 1. The van der Waals surface area contributed by atoms with E-state index < -0.39 is 11.9 Å². The number of fused-ring (bicyclic) bond motifs is 10. The zero-order valence-corrected chi connectivity index (χ0v) is 12.5. The first kappa shape index (κ1) is 15.7. The van der Waals surface area contributed by atoms with Crippen molar-refractivity contribution in [3.8, 4) is 5.75 Å². The van der Waals surface area contributed by atoms with Gasteiger partial charge >= 0.3 is 11.7 Å². The Balaban J connectivity index is 2.31. The van der Waals surface area contributed by atoms with Crippen LogP contribution in [0, 0.1) is 5.92 Å². The second-order valence-corrected chi connectivity index (χ2v) is 5.43. The molecule has 7 heteroatoms. The van der Waals surface area contributed by atoms with E-state index in [1.807, 2.05) is 13.8 Å². The van der Waals surface area contributed by atoms with Crippen molar-refractivity contribution in [3.63, 3.8) is 0 Å². The maximum Gasteiger partial charge on any atom is 0.338 e. The molecule has 0 unspecified atom stereocenters. The summed E-state index contributed by atoms with van der Waals surface area (Å²) >= 11 is 0. The fraction of sp³-hybridized carbons (Fsp3) is 0.400. The third-order valence-electron chi connectivity index (χ3n) is 3.32. The van der Waals surface area contributed by atoms with Crippen molar-refractivity contribution in [1.29, 1.82) is 0 Å². The van der Waals surface area contributed by atoms with Gasteiger partial charge in [-0.3, -0.25) is 4.79 Å². The van der Waals surface area contributed by atoms with Crippen molar-refractivity contribution in [1.82, 2.24) is 10.6 Å². The molecule has 1 atom stereocenters. The molecule has 1 aromatic carbocycles. The lowest BCUT2D eigenvalue weighted by atomic mass is 10.0. The van der Waals surface area contributed by atoms with E-state index in [1.165, 1.54) is 0 Å². The van der Waals surface area contributed by atoms with Crippen LogP contribution in [0.3, 0.4) is 0 Å². The van der Waals surface area contributed by atoms with E-state index in [4.69, 9.17) is 10.3 Å². The lowest BCUT2D eigenvalue weighted by molar-refractivity contribution is -0.130. The standard InChI is InChI=1S/C15H18N4O3/c1-9(2)14-15(21)17-12(19-16)7-10-3-5-11(6-4-10)22-8-13(20)18-14/h3-6,9,14H,7-8H2,1-2H3,(H,17,21)(H,18,20)/t14-/m0/s1. The number of carbonyl (C=O) groups is 2. The Morgan fingerprint density at radius 3 is 2.55 bits per heavy atom. The topological polar surface area (TPSA) is 104 Å². The number of amidine groups is 1. The first-order valence-electron chi connectivity index (χ1n) is 7.02. The van der Waals surface area contributed by atoms with Gasteiger partial charge in [0, 0.05) is 0 Å². The quantitative estimate of drug-likeness (QED) is 0.448. The van der Waals surface area contributed by atoms with Gasteiger partial charge in [0.1, 0.15) is 11.8 Å². The molecule has 2 N–H and O–H groups in total. The van der Waals surface area contributed by atoms with Gasteiger partial charge in [-0.15, -0.1) is 0 Å². The molecule has 3 rings (SSSR count). The lowest BCUT2D eigenvalue weighted by Gasteiger charge is -2.18. The Morgan fingerprint density at radius 2 is 1.95 bits per heavy atom. The van der Waals surface area contributed by atoms with Crippen LogP contribution in [0.1, 0.15) is 19.4 Å². The SMILES string of the molecule is CC(C)[C@@H]1NC(=O)COc2ccc(cc2)CC(=[N+]=[N-])NC1=O. The van der Waals surface area contributed by atoms with Crippen molar-refractivity contribution in [2.45, 2.75) is 26.3 Å². The summed E-state index contributed by atoms with van der Waals surface area (Å²) in [5.74, 6) is -0.257. The Bertz CT molecular complexity index is 618. The maximum atomic E-state index is 12.3. The molecule has 2 aliphatic heterocycles. The van der Waals surface area contributed by atoms with Crippen LogP contribution in [0.25, 0.3) is 5.53 Å². The van der Waals surface area contributed by atoms with Crippen molar-refractivity contribution < 1.29 is 19.1 Å². The molecule has 0 aromatic heterocycles. The zero-order valence-electron chi connectivity index (χ0n) is 12.5. The lowest BCUT2D eigenvalue weighted by Crippen LogP contribution is -2.52. The molecule has 0 aliphatic carbocycles. The third-order valence-corrected chi connectivity index (χ3v) is 3.32. The van der Waals surface area contributed by atoms with Crippen molar-refractivity contribution in [3.05, 3.63) is 35.4 Å². The van der Waals surface area contributed by atoms with Gasteiger partial charge in [0.15, 0.2) is 6.61 Å². The number of hydrogen-bond donors (Lipinski definition) is 2. The van der Waals surface area contributed by atoms with Gasteiger partial charge in [-0.25, -0.2) is 4.79 Å². The van der Waals surface area contributed by atoms with Gasteiger partial charge in [0.2, 0.25) is 0 Å². The summed E-state index contributed by atoms with van der Waals surface area (Å²) in [5, 5.41) is 5.17. The van der Waals surface area contributed by atoms with Gasteiger partial charge in [0.05, 0.1) is 6.42 Å². The number of amides is 2. The van der Waals surface area contributed by atoms with Gasteiger partial charge in [0.25, 0.3) is 5.91 Å². The zero-order chi connectivity index (χ0) is 16.1. The van der Waals surface area contributed by atoms with Gasteiger partial charge in [-0.05, 0) is 23.6 Å². The van der Waals surface area contributed by atoms with Crippen molar-refractivity contribution >= 4 is 17.6 Å². The fourth-order valence-electron chi connectivity index (χ4n) is 2.12. The van der Waals surface area contributed by atoms with Crippen LogP contribution in [-0.2, 0) is 16.0 Å². The molecule has 0 fully saturated rings. The van der Waals surface area contributed by atoms with E-state index in [-0.39, 0.29) is 30.7 Å². The fourth-order valence-corrected chi connectivity index (χ4v) is 2.12. The van der Waals surface area contributed by atoms with E-state index >= 15 is 0 Å². The van der Waals surface area contributed by atoms with Crippen LogP contribution in [0.2, 0.25) is 0 Å². The Labute approximate surface area is 128 Å². The van der Waals surface area contributed by atoms with Crippen LogP contribution in [0.4, 0.5) is 0 Å². The molecule has 116 valence electrons. The van der Waals surface area contributed by atoms with E-state index in [9.17, 15) is 9.59 Å². The second kappa shape index (κ2) is 6.87. The molecular weight excluding hydrogens is 284 g/mol. The molecule has 2 bridgehead atoms. The first-order chi connectivity index (χ1) is 10.5. The average Bonchev–Trinajstić information content (AvgIpc) is 2.51. The molecule has 7 nitrogen and oxygen atoms in total. The minimum atomic E-state index is -0.734. The summed E-state index contributed by atoms with van der Waals surface area (Å²) in [6.45, 7) is 3.46. The highest BCUT2D eigenvalue weighted by atomic mass is 16.5. The second-order valence-electron chi connectivity index (χ2n) is 5.43. The number of hydrogen-bond acceptors (Lipinski definition) is 3. The Hall–Kier alpha value is -2.66. The van der Waals surface area contributed by atoms with E-state index in [1.54, 1.807) is 24.3 Å². The third kappa shape index (κ3) is 3.93. The van der Waals surface area contributed by atoms with Gasteiger partial charge in [-0.1, -0.05) is 26.0 Å². The van der Waals surface area contributed by atoms with Crippen LogP contribution in [0.5, 0.6) is 5.75 Å². The van der Waals surface area contributed by atoms with Crippen LogP contribution >= 0.6 is 0 Å². The number of nitrogens with one attached hydrogen (secondary N) is 2. The molecule has 0 radical (unpaired) electrons. The van der Waals surface area contributed by atoms with Crippen LogP contribution in [-0.4, -0.2) is 35.1 Å². The molecule has 0 spiro atoms. The van der Waals surface area contributed by atoms with Crippen LogP contribution in [0.15, 0.2) is 24.3 Å². The van der Waals surface area contributed by atoms with Crippen LogP contribution < -0.4 is 15.4 Å². The predicted octanol–water partition coefficient (Wildman–Crippen LogP) is 0.507. The number of benzene rings is 1. The number of rotatable bonds is 1. The molecule has 2 aliphatic rings. The monoisotopic (exact) mass is 302 g/mol. The summed E-state index contributed by atoms with van der Waals surface area (Å²) in [6, 6.07) is 6.27. The highest BCUT2D eigenvalue weighted by molar-refractivity contribution is 6.00. The average molecular weight is 302 g/mol. The summed E-state index contributed by atoms with van der Waals surface area (Å²) in [6.07, 6.45) is 0.265.